The largest absolute Gasteiger partial charge is 0.490 e. The van der Waals surface area contributed by atoms with E-state index in [1.165, 1.54) is 23.6 Å². The van der Waals surface area contributed by atoms with Gasteiger partial charge >= 0.3 is 0 Å². The van der Waals surface area contributed by atoms with E-state index in [2.05, 4.69) is 85.2 Å². The Morgan fingerprint density at radius 3 is 2.38 bits per heavy atom. The third-order valence-electron chi connectivity index (χ3n) is 2.32. The molecule has 0 aliphatic heterocycles. The second-order valence-corrected chi connectivity index (χ2v) is 7.35. The first-order valence-corrected chi connectivity index (χ1v) is 8.41. The molecule has 0 unspecified atom stereocenters. The Morgan fingerprint density at radius 2 is 1.81 bits per heavy atom. The van der Waals surface area contributed by atoms with Gasteiger partial charge in [0.25, 0.3) is 0 Å². The Kier molecular flexibility index (Phi) is 5.41. The molecule has 1 fully saturated rings. The maximum absolute atomic E-state index is 5.82. The molecule has 1 N–H and O–H groups in total. The molecular weight excluding hydrogens is 543 g/mol. The van der Waals surface area contributed by atoms with Crippen molar-refractivity contribution in [3.63, 3.8) is 0 Å². The minimum absolute atomic E-state index is 0.753. The molecule has 88 valence electrons. The van der Waals surface area contributed by atoms with Gasteiger partial charge in [0.15, 0.2) is 0 Å². The number of nitrogens with one attached hydrogen (secondary N) is 1. The van der Waals surface area contributed by atoms with Crippen molar-refractivity contribution in [2.24, 2.45) is 0 Å². The minimum atomic E-state index is 0.753. The highest BCUT2D eigenvalue weighted by atomic mass is 127. The summed E-state index contributed by atoms with van der Waals surface area (Å²) in [6.45, 7) is 1.70. The first-order chi connectivity index (χ1) is 7.66. The Labute approximate surface area is 137 Å². The predicted octanol–water partition coefficient (Wildman–Crippen LogP) is 3.63. The smallest absolute Gasteiger partial charge is 0.146 e. The topological polar surface area (TPSA) is 21.3 Å². The highest BCUT2D eigenvalue weighted by Gasteiger charge is 2.19. The Hall–Kier alpha value is 1.17. The lowest BCUT2D eigenvalue weighted by atomic mass is 10.3. The highest BCUT2D eigenvalue weighted by molar-refractivity contribution is 14.1. The van der Waals surface area contributed by atoms with Gasteiger partial charge in [-0.2, -0.15) is 0 Å². The van der Waals surface area contributed by atoms with Crippen molar-refractivity contribution in [1.29, 1.82) is 0 Å². The van der Waals surface area contributed by atoms with Crippen molar-refractivity contribution >= 4 is 67.8 Å². The van der Waals surface area contributed by atoms with Crippen LogP contribution in [-0.4, -0.2) is 19.2 Å². The molecule has 0 heterocycles. The SMILES string of the molecule is Ic1cc(I)c(OCCNC2CC2)c(I)c1. The van der Waals surface area contributed by atoms with Gasteiger partial charge in [-0.25, -0.2) is 0 Å². The molecule has 0 amide bonds. The zero-order valence-electron chi connectivity index (χ0n) is 8.60. The predicted molar refractivity (Wildman–Crippen MR) is 91.1 cm³/mol. The molecule has 0 aromatic heterocycles. The van der Waals surface area contributed by atoms with Crippen LogP contribution in [0.1, 0.15) is 12.8 Å². The summed E-state index contributed by atoms with van der Waals surface area (Å²) in [5.74, 6) is 1.03. The molecular formula is C11H12I3NO. The first kappa shape index (κ1) is 13.6. The molecule has 1 aromatic rings. The molecule has 0 radical (unpaired) electrons. The Morgan fingerprint density at radius 1 is 1.19 bits per heavy atom. The van der Waals surface area contributed by atoms with E-state index in [4.69, 9.17) is 4.74 Å². The van der Waals surface area contributed by atoms with E-state index in [0.29, 0.717) is 0 Å². The van der Waals surface area contributed by atoms with Gasteiger partial charge in [0.2, 0.25) is 0 Å². The minimum Gasteiger partial charge on any atom is -0.490 e. The first-order valence-electron chi connectivity index (χ1n) is 5.17. The normalized spacial score (nSPS) is 15.2. The fourth-order valence-corrected chi connectivity index (χ4v) is 5.26. The summed E-state index contributed by atoms with van der Waals surface area (Å²) >= 11 is 7.00. The van der Waals surface area contributed by atoms with Crippen LogP contribution in [0.2, 0.25) is 0 Å². The van der Waals surface area contributed by atoms with Crippen LogP contribution in [-0.2, 0) is 0 Å². The van der Waals surface area contributed by atoms with Crippen molar-refractivity contribution in [2.45, 2.75) is 18.9 Å². The van der Waals surface area contributed by atoms with Crippen LogP contribution in [0.5, 0.6) is 5.75 Å². The molecule has 0 bridgehead atoms. The molecule has 1 aliphatic carbocycles. The van der Waals surface area contributed by atoms with Gasteiger partial charge < -0.3 is 10.1 Å². The number of halogens is 3. The molecule has 1 aromatic carbocycles. The van der Waals surface area contributed by atoms with Crippen LogP contribution in [0.3, 0.4) is 0 Å². The maximum atomic E-state index is 5.82. The van der Waals surface area contributed by atoms with Crippen LogP contribution in [0, 0.1) is 10.7 Å². The molecule has 0 saturated heterocycles. The summed E-state index contributed by atoms with van der Waals surface area (Å²) in [6.07, 6.45) is 2.66. The zero-order chi connectivity index (χ0) is 11.5. The molecule has 0 spiro atoms. The molecule has 0 atom stereocenters. The molecule has 2 nitrogen and oxygen atoms in total. The van der Waals surface area contributed by atoms with E-state index in [1.54, 1.807) is 0 Å². The monoisotopic (exact) mass is 555 g/mol. The van der Waals surface area contributed by atoms with Crippen molar-refractivity contribution in [3.8, 4) is 5.75 Å². The average Bonchev–Trinajstić information content (AvgIpc) is 2.98. The van der Waals surface area contributed by atoms with Crippen LogP contribution in [0.25, 0.3) is 0 Å². The van der Waals surface area contributed by atoms with Crippen LogP contribution in [0.15, 0.2) is 12.1 Å². The van der Waals surface area contributed by atoms with E-state index in [0.717, 1.165) is 24.9 Å². The van der Waals surface area contributed by atoms with E-state index >= 15 is 0 Å². The standard InChI is InChI=1S/C11H12I3NO/c12-7-5-9(13)11(10(14)6-7)16-4-3-15-8-1-2-8/h5-6,8,15H,1-4H2. The van der Waals surface area contributed by atoms with E-state index < -0.39 is 0 Å². The summed E-state index contributed by atoms with van der Waals surface area (Å²) in [5, 5.41) is 3.45. The Bertz CT molecular complexity index is 356. The van der Waals surface area contributed by atoms with E-state index in [1.807, 2.05) is 0 Å². The number of hydrogen-bond acceptors (Lipinski definition) is 2. The second-order valence-electron chi connectivity index (χ2n) is 3.78. The molecule has 16 heavy (non-hydrogen) atoms. The van der Waals surface area contributed by atoms with Crippen molar-refractivity contribution < 1.29 is 4.74 Å². The summed E-state index contributed by atoms with van der Waals surface area (Å²) < 4.78 is 9.47. The number of hydrogen-bond donors (Lipinski definition) is 1. The number of ether oxygens (including phenoxy) is 1. The highest BCUT2D eigenvalue weighted by Crippen LogP contribution is 2.29. The zero-order valence-corrected chi connectivity index (χ0v) is 15.1. The van der Waals surface area contributed by atoms with Gasteiger partial charge in [-0.3, -0.25) is 0 Å². The van der Waals surface area contributed by atoms with Crippen LogP contribution < -0.4 is 10.1 Å². The summed E-state index contributed by atoms with van der Waals surface area (Å²) in [6, 6.07) is 5.05. The van der Waals surface area contributed by atoms with Crippen molar-refractivity contribution in [1.82, 2.24) is 5.32 Å². The van der Waals surface area contributed by atoms with Crippen molar-refractivity contribution in [3.05, 3.63) is 22.8 Å². The van der Waals surface area contributed by atoms with Crippen molar-refractivity contribution in [2.75, 3.05) is 13.2 Å². The van der Waals surface area contributed by atoms with Gasteiger partial charge in [-0.15, -0.1) is 0 Å². The second kappa shape index (κ2) is 6.37. The summed E-state index contributed by atoms with van der Waals surface area (Å²) in [7, 11) is 0. The lowest BCUT2D eigenvalue weighted by molar-refractivity contribution is 0.309. The maximum Gasteiger partial charge on any atom is 0.146 e. The quantitative estimate of drug-likeness (QED) is 0.443. The molecule has 2 rings (SSSR count). The van der Waals surface area contributed by atoms with Gasteiger partial charge in [0, 0.05) is 16.2 Å². The fourth-order valence-electron chi connectivity index (χ4n) is 1.37. The Balaban J connectivity index is 1.87. The summed E-state index contributed by atoms with van der Waals surface area (Å²) in [4.78, 5) is 0. The fraction of sp³-hybridized carbons (Fsp3) is 0.455. The van der Waals surface area contributed by atoms with E-state index in [-0.39, 0.29) is 0 Å². The van der Waals surface area contributed by atoms with Gasteiger partial charge in [0.1, 0.15) is 12.4 Å². The third kappa shape index (κ3) is 4.13. The lowest BCUT2D eigenvalue weighted by Crippen LogP contribution is -2.23. The average molecular weight is 555 g/mol. The number of benzene rings is 1. The van der Waals surface area contributed by atoms with Gasteiger partial charge in [-0.05, 0) is 92.7 Å². The molecule has 1 aliphatic rings. The van der Waals surface area contributed by atoms with E-state index in [9.17, 15) is 0 Å². The third-order valence-corrected chi connectivity index (χ3v) is 4.55. The molecule has 5 heteroatoms. The van der Waals surface area contributed by atoms with Crippen LogP contribution >= 0.6 is 67.8 Å². The summed E-state index contributed by atoms with van der Waals surface area (Å²) in [5.41, 5.74) is 0. The van der Waals surface area contributed by atoms with Crippen LogP contribution in [0.4, 0.5) is 0 Å². The lowest BCUT2D eigenvalue weighted by Gasteiger charge is -2.11. The molecule has 1 saturated carbocycles. The van der Waals surface area contributed by atoms with Gasteiger partial charge in [0.05, 0.1) is 7.14 Å². The van der Waals surface area contributed by atoms with Gasteiger partial charge in [-0.1, -0.05) is 0 Å². The number of rotatable bonds is 5.